The van der Waals surface area contributed by atoms with Crippen LogP contribution in [0.2, 0.25) is 0 Å². The number of hydrogen-bond acceptors (Lipinski definition) is 4. The molecule has 0 spiro atoms. The minimum atomic E-state index is -3.49. The topological polar surface area (TPSA) is 52.0 Å². The molecule has 0 atom stereocenters. The van der Waals surface area contributed by atoms with Gasteiger partial charge >= 0.3 is 0 Å². The summed E-state index contributed by atoms with van der Waals surface area (Å²) < 4.78 is 25.4. The van der Waals surface area contributed by atoms with E-state index in [9.17, 15) is 8.42 Å². The van der Waals surface area contributed by atoms with E-state index in [-0.39, 0.29) is 4.90 Å². The van der Waals surface area contributed by atoms with Crippen LogP contribution in [0.3, 0.4) is 0 Å². The predicted molar refractivity (Wildman–Crippen MR) is 72.3 cm³/mol. The van der Waals surface area contributed by atoms with Gasteiger partial charge in [-0.1, -0.05) is 6.92 Å². The number of imidazole rings is 1. The second kappa shape index (κ2) is 5.58. The SMILES string of the molecule is CCCSc1ccc(S(=O)(=O)n2ccnc2)cc1. The summed E-state index contributed by atoms with van der Waals surface area (Å²) in [7, 11) is -3.49. The monoisotopic (exact) mass is 282 g/mol. The van der Waals surface area contributed by atoms with Gasteiger partial charge in [0.05, 0.1) is 4.90 Å². The molecule has 18 heavy (non-hydrogen) atoms. The zero-order valence-corrected chi connectivity index (χ0v) is 11.6. The molecule has 0 saturated carbocycles. The van der Waals surface area contributed by atoms with E-state index in [2.05, 4.69) is 11.9 Å². The third-order valence-corrected chi connectivity index (χ3v) is 5.21. The minimum absolute atomic E-state index is 0.279. The number of aromatic nitrogens is 2. The van der Waals surface area contributed by atoms with Crippen LogP contribution in [0, 0.1) is 0 Å². The van der Waals surface area contributed by atoms with Crippen LogP contribution in [0.5, 0.6) is 0 Å². The molecule has 0 saturated heterocycles. The zero-order valence-electron chi connectivity index (χ0n) is 9.98. The number of benzene rings is 1. The molecular formula is C12H14N2O2S2. The van der Waals surface area contributed by atoms with Crippen LogP contribution >= 0.6 is 11.8 Å². The predicted octanol–water partition coefficient (Wildman–Crippen LogP) is 2.62. The highest BCUT2D eigenvalue weighted by molar-refractivity contribution is 7.99. The molecule has 4 nitrogen and oxygen atoms in total. The molecule has 96 valence electrons. The number of hydrogen-bond donors (Lipinski definition) is 0. The van der Waals surface area contributed by atoms with Crippen LogP contribution in [0.1, 0.15) is 13.3 Å². The molecule has 0 unspecified atom stereocenters. The first kappa shape index (κ1) is 13.2. The molecule has 2 aromatic rings. The summed E-state index contributed by atoms with van der Waals surface area (Å²) in [4.78, 5) is 5.12. The van der Waals surface area contributed by atoms with Gasteiger partial charge in [0.1, 0.15) is 6.33 Å². The standard InChI is InChI=1S/C12H14N2O2S2/c1-2-9-17-11-3-5-12(6-4-11)18(15,16)14-8-7-13-10-14/h3-8,10H,2,9H2,1H3. The van der Waals surface area contributed by atoms with Gasteiger partial charge in [-0.2, -0.15) is 0 Å². The van der Waals surface area contributed by atoms with E-state index in [1.54, 1.807) is 23.9 Å². The van der Waals surface area contributed by atoms with E-state index in [4.69, 9.17) is 0 Å². The van der Waals surface area contributed by atoms with Gasteiger partial charge in [0.25, 0.3) is 10.0 Å². The van der Waals surface area contributed by atoms with Crippen LogP contribution in [-0.4, -0.2) is 23.1 Å². The van der Waals surface area contributed by atoms with Crippen molar-refractivity contribution in [2.75, 3.05) is 5.75 Å². The highest BCUT2D eigenvalue weighted by Crippen LogP contribution is 2.21. The summed E-state index contributed by atoms with van der Waals surface area (Å²) in [6.07, 6.45) is 5.26. The van der Waals surface area contributed by atoms with E-state index < -0.39 is 10.0 Å². The fourth-order valence-corrected chi connectivity index (χ4v) is 3.32. The van der Waals surface area contributed by atoms with Gasteiger partial charge in [-0.25, -0.2) is 17.4 Å². The summed E-state index contributed by atoms with van der Waals surface area (Å²) in [5.74, 6) is 1.04. The first-order valence-corrected chi connectivity index (χ1v) is 8.03. The molecule has 1 heterocycles. The van der Waals surface area contributed by atoms with Gasteiger partial charge < -0.3 is 0 Å². The average Bonchev–Trinajstić information content (AvgIpc) is 2.91. The molecule has 0 aliphatic rings. The van der Waals surface area contributed by atoms with Crippen molar-refractivity contribution in [3.8, 4) is 0 Å². The largest absolute Gasteiger partial charge is 0.268 e. The fraction of sp³-hybridized carbons (Fsp3) is 0.250. The summed E-state index contributed by atoms with van der Waals surface area (Å²) in [5.41, 5.74) is 0. The Bertz CT molecular complexity index is 590. The van der Waals surface area contributed by atoms with Crippen molar-refractivity contribution in [3.63, 3.8) is 0 Å². The van der Waals surface area contributed by atoms with Gasteiger partial charge in [0, 0.05) is 17.3 Å². The van der Waals surface area contributed by atoms with Crippen molar-refractivity contribution in [1.29, 1.82) is 0 Å². The Morgan fingerprint density at radius 2 is 2.00 bits per heavy atom. The molecule has 2 rings (SSSR count). The Hall–Kier alpha value is -1.27. The first-order chi connectivity index (χ1) is 8.64. The second-order valence-electron chi connectivity index (χ2n) is 3.72. The first-order valence-electron chi connectivity index (χ1n) is 5.61. The van der Waals surface area contributed by atoms with Gasteiger partial charge in [0.15, 0.2) is 0 Å². The summed E-state index contributed by atoms with van der Waals surface area (Å²) in [6, 6.07) is 6.94. The molecule has 1 aromatic carbocycles. The Balaban J connectivity index is 2.25. The highest BCUT2D eigenvalue weighted by atomic mass is 32.2. The van der Waals surface area contributed by atoms with Gasteiger partial charge in [0.2, 0.25) is 0 Å². The van der Waals surface area contributed by atoms with Crippen molar-refractivity contribution in [1.82, 2.24) is 8.96 Å². The molecule has 0 bridgehead atoms. The van der Waals surface area contributed by atoms with Crippen molar-refractivity contribution in [2.45, 2.75) is 23.1 Å². The van der Waals surface area contributed by atoms with E-state index in [1.807, 2.05) is 12.1 Å². The number of nitrogens with zero attached hydrogens (tertiary/aromatic N) is 2. The van der Waals surface area contributed by atoms with Crippen molar-refractivity contribution in [3.05, 3.63) is 43.0 Å². The smallest absolute Gasteiger partial charge is 0.244 e. The molecule has 0 fully saturated rings. The van der Waals surface area contributed by atoms with E-state index in [0.29, 0.717) is 0 Å². The lowest BCUT2D eigenvalue weighted by molar-refractivity contribution is 0.587. The summed E-state index contributed by atoms with van der Waals surface area (Å²) >= 11 is 1.72. The molecular weight excluding hydrogens is 268 g/mol. The second-order valence-corrected chi connectivity index (χ2v) is 6.73. The molecule has 0 amide bonds. The third kappa shape index (κ3) is 2.76. The normalized spacial score (nSPS) is 11.6. The molecule has 0 aliphatic carbocycles. The lowest BCUT2D eigenvalue weighted by Gasteiger charge is -2.05. The van der Waals surface area contributed by atoms with Crippen LogP contribution in [0.25, 0.3) is 0 Å². The fourth-order valence-electron chi connectivity index (χ4n) is 1.44. The lowest BCUT2D eigenvalue weighted by Crippen LogP contribution is -2.10. The quantitative estimate of drug-likeness (QED) is 0.791. The van der Waals surface area contributed by atoms with Crippen LogP contribution in [-0.2, 0) is 10.0 Å². The lowest BCUT2D eigenvalue weighted by atomic mass is 10.4. The maximum Gasteiger partial charge on any atom is 0.268 e. The zero-order chi connectivity index (χ0) is 13.0. The Morgan fingerprint density at radius 3 is 2.56 bits per heavy atom. The van der Waals surface area contributed by atoms with Crippen LogP contribution < -0.4 is 0 Å². The van der Waals surface area contributed by atoms with Gasteiger partial charge in [-0.3, -0.25) is 0 Å². The Morgan fingerprint density at radius 1 is 1.28 bits per heavy atom. The highest BCUT2D eigenvalue weighted by Gasteiger charge is 2.15. The summed E-state index contributed by atoms with van der Waals surface area (Å²) in [6.45, 7) is 2.12. The maximum atomic E-state index is 12.1. The molecule has 0 radical (unpaired) electrons. The van der Waals surface area contributed by atoms with Crippen molar-refractivity contribution < 1.29 is 8.42 Å². The molecule has 6 heteroatoms. The van der Waals surface area contributed by atoms with Gasteiger partial charge in [-0.05, 0) is 36.4 Å². The van der Waals surface area contributed by atoms with Crippen LogP contribution in [0.15, 0.2) is 52.8 Å². The van der Waals surface area contributed by atoms with E-state index in [0.717, 1.165) is 21.0 Å². The number of rotatable bonds is 5. The van der Waals surface area contributed by atoms with Crippen molar-refractivity contribution in [2.24, 2.45) is 0 Å². The van der Waals surface area contributed by atoms with Crippen LogP contribution in [0.4, 0.5) is 0 Å². The van der Waals surface area contributed by atoms with Crippen molar-refractivity contribution >= 4 is 21.8 Å². The average molecular weight is 282 g/mol. The molecule has 0 N–H and O–H groups in total. The van der Waals surface area contributed by atoms with E-state index in [1.165, 1.54) is 18.7 Å². The third-order valence-electron chi connectivity index (χ3n) is 2.35. The van der Waals surface area contributed by atoms with Gasteiger partial charge in [-0.15, -0.1) is 11.8 Å². The Kier molecular flexibility index (Phi) is 4.08. The summed E-state index contributed by atoms with van der Waals surface area (Å²) in [5, 5.41) is 0. The maximum absolute atomic E-state index is 12.1. The Labute approximate surface area is 111 Å². The minimum Gasteiger partial charge on any atom is -0.244 e. The number of thioether (sulfide) groups is 1. The molecule has 0 aliphatic heterocycles. The molecule has 1 aromatic heterocycles. The van der Waals surface area contributed by atoms with E-state index >= 15 is 0 Å².